The van der Waals surface area contributed by atoms with Crippen LogP contribution in [0, 0.1) is 12.3 Å². The number of nitrogens with zero attached hydrogens (tertiary/aromatic N) is 4. The number of carbonyl (C=O) groups is 1. The number of aliphatic imine (C=N–C) groups is 1. The van der Waals surface area contributed by atoms with Crippen molar-refractivity contribution in [3.63, 3.8) is 0 Å². The van der Waals surface area contributed by atoms with Crippen molar-refractivity contribution in [2.45, 2.75) is 13.5 Å². The van der Waals surface area contributed by atoms with Crippen LogP contribution in [0.3, 0.4) is 0 Å². The van der Waals surface area contributed by atoms with E-state index in [9.17, 15) is 4.79 Å². The number of fused-ring (bicyclic) bond motifs is 2. The van der Waals surface area contributed by atoms with E-state index in [-0.39, 0.29) is 18.0 Å². The van der Waals surface area contributed by atoms with Crippen LogP contribution in [0.2, 0.25) is 0 Å². The second kappa shape index (κ2) is 9.55. The van der Waals surface area contributed by atoms with Gasteiger partial charge in [-0.3, -0.25) is 10.2 Å². The highest BCUT2D eigenvalue weighted by atomic mass is 32.2. The molecule has 37 heavy (non-hydrogen) atoms. The van der Waals surface area contributed by atoms with Crippen LogP contribution >= 0.6 is 11.8 Å². The first kappa shape index (κ1) is 23.0. The summed E-state index contributed by atoms with van der Waals surface area (Å²) < 4.78 is 7.96. The van der Waals surface area contributed by atoms with Crippen molar-refractivity contribution in [2.75, 3.05) is 6.61 Å². The van der Waals surface area contributed by atoms with Crippen molar-refractivity contribution >= 4 is 50.7 Å². The second-order valence-electron chi connectivity index (χ2n) is 8.77. The molecule has 0 spiro atoms. The SMILES string of the molecule is Cc1ccccc1Cn1cc(/C=C2\C(=N)N3N=C(COc4ccccc4)SC3=NC2=O)c2ccccc21. The van der Waals surface area contributed by atoms with E-state index in [1.807, 2.05) is 66.9 Å². The highest BCUT2D eigenvalue weighted by Crippen LogP contribution is 2.31. The van der Waals surface area contributed by atoms with Crippen molar-refractivity contribution < 1.29 is 9.53 Å². The van der Waals surface area contributed by atoms with Crippen LogP contribution in [0.4, 0.5) is 0 Å². The summed E-state index contributed by atoms with van der Waals surface area (Å²) >= 11 is 1.25. The lowest BCUT2D eigenvalue weighted by Crippen LogP contribution is -2.35. The summed E-state index contributed by atoms with van der Waals surface area (Å²) in [6.07, 6.45) is 3.78. The van der Waals surface area contributed by atoms with Gasteiger partial charge in [0.15, 0.2) is 5.84 Å². The number of aromatic nitrogens is 1. The minimum atomic E-state index is -0.445. The van der Waals surface area contributed by atoms with Gasteiger partial charge in [0.1, 0.15) is 17.4 Å². The predicted molar refractivity (Wildman–Crippen MR) is 149 cm³/mol. The Morgan fingerprint density at radius 3 is 2.59 bits per heavy atom. The van der Waals surface area contributed by atoms with E-state index in [4.69, 9.17) is 10.1 Å². The highest BCUT2D eigenvalue weighted by Gasteiger charge is 2.36. The first-order valence-electron chi connectivity index (χ1n) is 11.9. The summed E-state index contributed by atoms with van der Waals surface area (Å²) in [5, 5.41) is 16.7. The molecular formula is C29H23N5O2S. The van der Waals surface area contributed by atoms with Gasteiger partial charge in [0.25, 0.3) is 5.91 Å². The molecule has 0 saturated carbocycles. The fourth-order valence-corrected chi connectivity index (χ4v) is 5.20. The minimum Gasteiger partial charge on any atom is -0.487 e. The zero-order valence-corrected chi connectivity index (χ0v) is 20.9. The Labute approximate surface area is 218 Å². The monoisotopic (exact) mass is 505 g/mol. The van der Waals surface area contributed by atoms with E-state index in [1.54, 1.807) is 6.08 Å². The molecule has 1 amide bonds. The normalized spacial score (nSPS) is 16.2. The fourth-order valence-electron chi connectivity index (χ4n) is 4.40. The summed E-state index contributed by atoms with van der Waals surface area (Å²) in [4.78, 5) is 17.2. The van der Waals surface area contributed by atoms with Gasteiger partial charge in [0, 0.05) is 29.2 Å². The molecule has 3 heterocycles. The number of benzene rings is 3. The van der Waals surface area contributed by atoms with E-state index in [1.165, 1.54) is 27.9 Å². The lowest BCUT2D eigenvalue weighted by molar-refractivity contribution is -0.114. The Kier molecular flexibility index (Phi) is 5.94. The maximum absolute atomic E-state index is 13.0. The maximum Gasteiger partial charge on any atom is 0.283 e. The molecule has 3 aromatic carbocycles. The van der Waals surface area contributed by atoms with E-state index < -0.39 is 5.91 Å². The van der Waals surface area contributed by atoms with Crippen LogP contribution in [0.5, 0.6) is 5.75 Å². The van der Waals surface area contributed by atoms with Crippen molar-refractivity contribution in [1.82, 2.24) is 9.58 Å². The summed E-state index contributed by atoms with van der Waals surface area (Å²) in [5.74, 6) is 0.291. The van der Waals surface area contributed by atoms with Crippen molar-refractivity contribution in [1.29, 1.82) is 5.41 Å². The van der Waals surface area contributed by atoms with Crippen molar-refractivity contribution in [2.24, 2.45) is 10.1 Å². The number of aryl methyl sites for hydroxylation is 1. The highest BCUT2D eigenvalue weighted by molar-refractivity contribution is 8.27. The largest absolute Gasteiger partial charge is 0.487 e. The third-order valence-corrected chi connectivity index (χ3v) is 7.20. The second-order valence-corrected chi connectivity index (χ2v) is 9.81. The molecule has 4 aromatic rings. The Morgan fingerprint density at radius 2 is 1.76 bits per heavy atom. The summed E-state index contributed by atoms with van der Waals surface area (Å²) in [6.45, 7) is 3.05. The number of amidine groups is 2. The lowest BCUT2D eigenvalue weighted by atomic mass is 10.1. The third kappa shape index (κ3) is 4.47. The molecule has 6 rings (SSSR count). The van der Waals surface area contributed by atoms with E-state index in [0.717, 1.165) is 22.2 Å². The Balaban J connectivity index is 1.30. The smallest absolute Gasteiger partial charge is 0.283 e. The van der Waals surface area contributed by atoms with Gasteiger partial charge in [-0.25, -0.2) is 0 Å². The molecule has 0 radical (unpaired) electrons. The number of hydrogen-bond donors (Lipinski definition) is 1. The van der Waals surface area contributed by atoms with Crippen molar-refractivity contribution in [3.8, 4) is 5.75 Å². The first-order chi connectivity index (χ1) is 18.1. The number of rotatable bonds is 6. The first-order valence-corrected chi connectivity index (χ1v) is 12.7. The molecule has 0 bridgehead atoms. The molecule has 7 nitrogen and oxygen atoms in total. The standard InChI is InChI=1S/C29H23N5O2S/c1-19-9-5-6-10-20(19)16-33-17-21(23-13-7-8-14-25(23)33)15-24-27(30)34-29(31-28(24)35)37-26(32-34)18-36-22-11-3-2-4-12-22/h2-15,17,30H,16,18H2,1H3/b24-15+,30-27?. The van der Waals surface area contributed by atoms with Gasteiger partial charge in [-0.2, -0.15) is 15.1 Å². The molecule has 0 unspecified atom stereocenters. The van der Waals surface area contributed by atoms with Gasteiger partial charge in [-0.1, -0.05) is 60.7 Å². The van der Waals surface area contributed by atoms with Crippen molar-refractivity contribution in [3.05, 3.63) is 107 Å². The number of carbonyl (C=O) groups excluding carboxylic acids is 1. The molecule has 1 N–H and O–H groups in total. The molecule has 8 heteroatoms. The molecule has 1 aromatic heterocycles. The minimum absolute atomic E-state index is 0.00736. The van der Waals surface area contributed by atoms with Crippen LogP contribution in [-0.2, 0) is 11.3 Å². The number of hydrogen-bond acceptors (Lipinski definition) is 5. The quantitative estimate of drug-likeness (QED) is 0.341. The Hall–Kier alpha value is -4.43. The molecule has 0 fully saturated rings. The maximum atomic E-state index is 13.0. The van der Waals surface area contributed by atoms with Crippen LogP contribution in [-0.4, -0.2) is 38.1 Å². The molecule has 0 atom stereocenters. The third-order valence-electron chi connectivity index (χ3n) is 6.32. The lowest BCUT2D eigenvalue weighted by Gasteiger charge is -2.20. The number of amides is 1. The predicted octanol–water partition coefficient (Wildman–Crippen LogP) is 5.70. The summed E-state index contributed by atoms with van der Waals surface area (Å²) in [6, 6.07) is 25.9. The van der Waals surface area contributed by atoms with E-state index >= 15 is 0 Å². The van der Waals surface area contributed by atoms with Gasteiger partial charge >= 0.3 is 0 Å². The summed E-state index contributed by atoms with van der Waals surface area (Å²) in [5.41, 5.74) is 4.58. The number of para-hydroxylation sites is 2. The topological polar surface area (TPSA) is 83.0 Å². The number of ether oxygens (including phenoxy) is 1. The zero-order chi connectivity index (χ0) is 25.4. The van der Waals surface area contributed by atoms with Crippen LogP contribution in [0.15, 0.2) is 101 Å². The molecule has 0 aliphatic carbocycles. The van der Waals surface area contributed by atoms with Gasteiger partial charge in [0.2, 0.25) is 5.17 Å². The van der Waals surface area contributed by atoms with E-state index in [0.29, 0.717) is 16.8 Å². The summed E-state index contributed by atoms with van der Waals surface area (Å²) in [7, 11) is 0. The molecule has 182 valence electrons. The molecule has 0 saturated heterocycles. The van der Waals surface area contributed by atoms with Gasteiger partial charge < -0.3 is 9.30 Å². The Bertz CT molecular complexity index is 1630. The van der Waals surface area contributed by atoms with E-state index in [2.05, 4.69) is 39.8 Å². The van der Waals surface area contributed by atoms with Crippen LogP contribution in [0.25, 0.3) is 17.0 Å². The zero-order valence-electron chi connectivity index (χ0n) is 20.1. The number of hydrazone groups is 1. The number of thioether (sulfide) groups is 1. The fraction of sp³-hybridized carbons (Fsp3) is 0.103. The van der Waals surface area contributed by atoms with Gasteiger partial charge in [0.05, 0.1) is 5.57 Å². The van der Waals surface area contributed by atoms with Crippen LogP contribution in [0.1, 0.15) is 16.7 Å². The molecular weight excluding hydrogens is 482 g/mol. The average molecular weight is 506 g/mol. The molecule has 2 aliphatic heterocycles. The van der Waals surface area contributed by atoms with Crippen LogP contribution < -0.4 is 4.74 Å². The average Bonchev–Trinajstić information content (AvgIpc) is 3.48. The van der Waals surface area contributed by atoms with Gasteiger partial charge in [-0.15, -0.1) is 0 Å². The van der Waals surface area contributed by atoms with Gasteiger partial charge in [-0.05, 0) is 54.1 Å². The Morgan fingerprint density at radius 1 is 1.00 bits per heavy atom. The number of nitrogens with one attached hydrogen (secondary N) is 1. The molecule has 2 aliphatic rings.